The van der Waals surface area contributed by atoms with Crippen molar-refractivity contribution in [3.63, 3.8) is 0 Å². The molecule has 196 valence electrons. The third kappa shape index (κ3) is 6.39. The van der Waals surface area contributed by atoms with Crippen LogP contribution in [0, 0.1) is 30.2 Å². The van der Waals surface area contributed by atoms with Gasteiger partial charge in [-0.15, -0.1) is 0 Å². The molecule has 1 heterocycles. The van der Waals surface area contributed by atoms with Crippen molar-refractivity contribution in [2.45, 2.75) is 20.1 Å². The number of anilines is 1. The lowest BCUT2D eigenvalue weighted by Gasteiger charge is -2.11. The molecule has 4 aromatic rings. The Balaban J connectivity index is 1.39. The van der Waals surface area contributed by atoms with E-state index < -0.39 is 41.3 Å². The lowest BCUT2D eigenvalue weighted by molar-refractivity contribution is -0.111. The number of hydrogen-bond donors (Lipinski definition) is 1. The highest BCUT2D eigenvalue weighted by Gasteiger charge is 2.19. The number of ether oxygens (including phenoxy) is 2. The monoisotopic (exact) mass is 525 g/mol. The molecule has 0 bridgehead atoms. The van der Waals surface area contributed by atoms with Gasteiger partial charge in [-0.25, -0.2) is 17.6 Å². The molecule has 1 N–H and O–H groups in total. The fourth-order valence-corrected chi connectivity index (χ4v) is 3.59. The molecular weight excluding hydrogens is 502 g/mol. The molecule has 0 radical (unpaired) electrons. The average Bonchev–Trinajstić information content (AvgIpc) is 3.35. The number of hydrogen-bond acceptors (Lipinski definition) is 4. The first kappa shape index (κ1) is 26.5. The number of halogens is 4. The molecule has 1 amide bonds. The van der Waals surface area contributed by atoms with Crippen molar-refractivity contribution in [3.8, 4) is 11.5 Å². The van der Waals surface area contributed by atoms with Crippen LogP contribution in [0.5, 0.6) is 11.5 Å². The third-order valence-electron chi connectivity index (χ3n) is 5.58. The molecule has 0 aliphatic heterocycles. The van der Waals surface area contributed by atoms with Crippen molar-refractivity contribution < 1.29 is 31.8 Å². The first-order chi connectivity index (χ1) is 18.2. The molecule has 6 nitrogen and oxygen atoms in total. The van der Waals surface area contributed by atoms with Gasteiger partial charge in [-0.2, -0.15) is 5.10 Å². The van der Waals surface area contributed by atoms with Gasteiger partial charge in [0.25, 0.3) is 0 Å². The number of aromatic nitrogens is 2. The number of nitrogens with one attached hydrogen (secondary N) is 1. The van der Waals surface area contributed by atoms with Crippen LogP contribution in [-0.2, 0) is 17.9 Å². The molecule has 4 rings (SSSR count). The highest BCUT2D eigenvalue weighted by atomic mass is 19.2. The maximum Gasteiger partial charge on any atom is 0.248 e. The van der Waals surface area contributed by atoms with E-state index in [1.165, 1.54) is 18.5 Å². The standard InChI is InChI=1S/C28H23F4N3O3/c1-17-3-7-21(8-4-17)38-16-19-11-18(5-9-25(19)37-2)6-10-26(36)34-20-13-33-35(14-20)15-22-23(29)12-24(30)28(32)27(22)31/h3-14H,15-16H2,1-2H3,(H,34,36)/b10-6+. The first-order valence-electron chi connectivity index (χ1n) is 11.4. The number of methoxy groups -OCH3 is 1. The quantitative estimate of drug-likeness (QED) is 0.125. The minimum Gasteiger partial charge on any atom is -0.496 e. The molecule has 1 aromatic heterocycles. The normalized spacial score (nSPS) is 11.1. The molecule has 0 fully saturated rings. The molecule has 0 atom stereocenters. The summed E-state index contributed by atoms with van der Waals surface area (Å²) in [5.74, 6) is -5.39. The summed E-state index contributed by atoms with van der Waals surface area (Å²) in [5.41, 5.74) is 2.19. The number of aryl methyl sites for hydroxylation is 1. The lowest BCUT2D eigenvalue weighted by atomic mass is 10.1. The van der Waals surface area contributed by atoms with E-state index in [1.807, 2.05) is 37.3 Å². The summed E-state index contributed by atoms with van der Waals surface area (Å²) in [5, 5.41) is 6.47. The zero-order valence-electron chi connectivity index (χ0n) is 20.5. The molecule has 0 spiro atoms. The van der Waals surface area contributed by atoms with Crippen molar-refractivity contribution in [2.24, 2.45) is 0 Å². The van der Waals surface area contributed by atoms with Crippen molar-refractivity contribution in [3.05, 3.63) is 113 Å². The molecule has 38 heavy (non-hydrogen) atoms. The van der Waals surface area contributed by atoms with Crippen LogP contribution in [-0.4, -0.2) is 22.8 Å². The number of carbonyl (C=O) groups is 1. The number of carbonyl (C=O) groups excluding carboxylic acids is 1. The van der Waals surface area contributed by atoms with Crippen molar-refractivity contribution >= 4 is 17.7 Å². The predicted molar refractivity (Wildman–Crippen MR) is 134 cm³/mol. The van der Waals surface area contributed by atoms with Crippen LogP contribution >= 0.6 is 0 Å². The Labute approximate surface area is 216 Å². The minimum atomic E-state index is -1.77. The van der Waals surface area contributed by atoms with Gasteiger partial charge in [0.1, 0.15) is 23.9 Å². The molecule has 10 heteroatoms. The van der Waals surface area contributed by atoms with Crippen LogP contribution in [0.25, 0.3) is 6.08 Å². The average molecular weight is 526 g/mol. The summed E-state index contributed by atoms with van der Waals surface area (Å²) in [6.45, 7) is 1.75. The van der Waals surface area contributed by atoms with Gasteiger partial charge in [0, 0.05) is 29.5 Å². The molecule has 0 aliphatic carbocycles. The van der Waals surface area contributed by atoms with Crippen molar-refractivity contribution in [1.29, 1.82) is 0 Å². The summed E-state index contributed by atoms with van der Waals surface area (Å²) in [4.78, 5) is 12.4. The Bertz CT molecular complexity index is 1480. The van der Waals surface area contributed by atoms with E-state index in [4.69, 9.17) is 9.47 Å². The topological polar surface area (TPSA) is 65.4 Å². The predicted octanol–water partition coefficient (Wildman–Crippen LogP) is 6.04. The Kier molecular flexibility index (Phi) is 8.10. The minimum absolute atomic E-state index is 0.241. The van der Waals surface area contributed by atoms with Gasteiger partial charge in [-0.1, -0.05) is 23.8 Å². The first-order valence-corrected chi connectivity index (χ1v) is 11.4. The maximum atomic E-state index is 13.9. The molecule has 3 aromatic carbocycles. The number of rotatable bonds is 9. The Morgan fingerprint density at radius 3 is 2.53 bits per heavy atom. The fraction of sp³-hybridized carbons (Fsp3) is 0.143. The van der Waals surface area contributed by atoms with Crippen molar-refractivity contribution in [2.75, 3.05) is 12.4 Å². The van der Waals surface area contributed by atoms with E-state index in [2.05, 4.69) is 10.4 Å². The molecule has 0 saturated carbocycles. The van der Waals surface area contributed by atoms with Gasteiger partial charge in [0.2, 0.25) is 5.91 Å². The second-order valence-corrected chi connectivity index (χ2v) is 8.37. The van der Waals surface area contributed by atoms with Gasteiger partial charge >= 0.3 is 0 Å². The van der Waals surface area contributed by atoms with E-state index in [0.29, 0.717) is 11.5 Å². The third-order valence-corrected chi connectivity index (χ3v) is 5.58. The summed E-state index contributed by atoms with van der Waals surface area (Å²) < 4.78 is 66.7. The maximum absolute atomic E-state index is 13.9. The van der Waals surface area contributed by atoms with E-state index in [1.54, 1.807) is 25.3 Å². The van der Waals surface area contributed by atoms with Crippen LogP contribution in [0.1, 0.15) is 22.3 Å². The summed E-state index contributed by atoms with van der Waals surface area (Å²) in [6.07, 6.45) is 5.47. The second-order valence-electron chi connectivity index (χ2n) is 8.37. The van der Waals surface area contributed by atoms with Crippen LogP contribution in [0.4, 0.5) is 23.2 Å². The Hall–Kier alpha value is -4.60. The fourth-order valence-electron chi connectivity index (χ4n) is 3.59. The number of nitrogens with zero attached hydrogens (tertiary/aromatic N) is 2. The number of benzene rings is 3. The zero-order chi connectivity index (χ0) is 27.2. The second kappa shape index (κ2) is 11.6. The van der Waals surface area contributed by atoms with E-state index in [-0.39, 0.29) is 18.4 Å². The SMILES string of the molecule is COc1ccc(/C=C/C(=O)Nc2cnn(Cc3c(F)cc(F)c(F)c3F)c2)cc1COc1ccc(C)cc1. The molecule has 0 saturated heterocycles. The molecular formula is C28H23F4N3O3. The van der Waals surface area contributed by atoms with Crippen LogP contribution in [0.2, 0.25) is 0 Å². The van der Waals surface area contributed by atoms with E-state index in [9.17, 15) is 22.4 Å². The smallest absolute Gasteiger partial charge is 0.248 e. The number of amides is 1. The summed E-state index contributed by atoms with van der Waals surface area (Å²) in [6, 6.07) is 13.3. The van der Waals surface area contributed by atoms with Gasteiger partial charge in [0.05, 0.1) is 25.5 Å². The van der Waals surface area contributed by atoms with Crippen LogP contribution in [0.15, 0.2) is 67.0 Å². The zero-order valence-corrected chi connectivity index (χ0v) is 20.5. The van der Waals surface area contributed by atoms with Gasteiger partial charge < -0.3 is 14.8 Å². The summed E-state index contributed by atoms with van der Waals surface area (Å²) >= 11 is 0. The Morgan fingerprint density at radius 2 is 1.79 bits per heavy atom. The molecule has 0 unspecified atom stereocenters. The van der Waals surface area contributed by atoms with Gasteiger partial charge in [-0.05, 0) is 42.8 Å². The van der Waals surface area contributed by atoms with Gasteiger partial charge in [0.15, 0.2) is 17.5 Å². The lowest BCUT2D eigenvalue weighted by Crippen LogP contribution is -2.09. The van der Waals surface area contributed by atoms with Crippen molar-refractivity contribution in [1.82, 2.24) is 9.78 Å². The Morgan fingerprint density at radius 1 is 1.03 bits per heavy atom. The largest absolute Gasteiger partial charge is 0.496 e. The highest BCUT2D eigenvalue weighted by molar-refractivity contribution is 6.01. The summed E-state index contributed by atoms with van der Waals surface area (Å²) in [7, 11) is 1.56. The van der Waals surface area contributed by atoms with Crippen LogP contribution in [0.3, 0.4) is 0 Å². The van der Waals surface area contributed by atoms with E-state index >= 15 is 0 Å². The highest BCUT2D eigenvalue weighted by Crippen LogP contribution is 2.24. The van der Waals surface area contributed by atoms with E-state index in [0.717, 1.165) is 21.4 Å². The van der Waals surface area contributed by atoms with Crippen LogP contribution < -0.4 is 14.8 Å². The van der Waals surface area contributed by atoms with Gasteiger partial charge in [-0.3, -0.25) is 9.48 Å². The molecule has 0 aliphatic rings.